The molecule has 18 nitrogen and oxygen atoms in total. The van der Waals surface area contributed by atoms with Crippen molar-refractivity contribution >= 4 is 40.2 Å². The highest BCUT2D eigenvalue weighted by Crippen LogP contribution is 2.29. The number of amides is 3. The summed E-state index contributed by atoms with van der Waals surface area (Å²) in [5.41, 5.74) is 3.34. The van der Waals surface area contributed by atoms with Crippen LogP contribution in [0.1, 0.15) is 68.4 Å². The first-order valence-corrected chi connectivity index (χ1v) is 19.6. The average molecular weight is 774 g/mol. The summed E-state index contributed by atoms with van der Waals surface area (Å²) in [7, 11) is 0. The van der Waals surface area contributed by atoms with Crippen molar-refractivity contribution < 1.29 is 18.8 Å². The van der Waals surface area contributed by atoms with Crippen LogP contribution in [0.15, 0.2) is 70.7 Å². The Morgan fingerprint density at radius 3 is 2.65 bits per heavy atom. The molecule has 0 bridgehead atoms. The molecule has 3 fully saturated rings. The third-order valence-corrected chi connectivity index (χ3v) is 11.5. The number of benzene rings is 1. The van der Waals surface area contributed by atoms with Gasteiger partial charge in [-0.2, -0.15) is 9.78 Å². The van der Waals surface area contributed by atoms with E-state index in [0.717, 1.165) is 85.5 Å². The molecule has 3 amide bonds. The molecule has 3 saturated heterocycles. The highest BCUT2D eigenvalue weighted by Gasteiger charge is 2.31. The molecular weight excluding hydrogens is 731 g/mol. The van der Waals surface area contributed by atoms with Crippen LogP contribution in [0.3, 0.4) is 0 Å². The number of hydrogen-bond donors (Lipinski definition) is 2. The van der Waals surface area contributed by atoms with E-state index in [2.05, 4.69) is 51.9 Å². The van der Waals surface area contributed by atoms with Crippen LogP contribution in [-0.2, 0) is 27.3 Å². The Kier molecular flexibility index (Phi) is 10.00. The van der Waals surface area contributed by atoms with Gasteiger partial charge in [-0.05, 0) is 74.3 Å². The van der Waals surface area contributed by atoms with Gasteiger partial charge < -0.3 is 19.5 Å². The molecule has 6 aromatic rings. The van der Waals surface area contributed by atoms with Gasteiger partial charge in [0, 0.05) is 69.1 Å². The third-order valence-electron chi connectivity index (χ3n) is 11.5. The fourth-order valence-electron chi connectivity index (χ4n) is 8.29. The molecular formula is C39H43N13O5. The van der Waals surface area contributed by atoms with Crippen molar-refractivity contribution in [3.8, 4) is 11.1 Å². The predicted molar refractivity (Wildman–Crippen MR) is 206 cm³/mol. The number of fused-ring (bicyclic) bond motifs is 2. The maximum Gasteiger partial charge on any atom is 0.278 e. The lowest BCUT2D eigenvalue weighted by molar-refractivity contribution is -0.136. The molecule has 57 heavy (non-hydrogen) atoms. The molecule has 0 spiro atoms. The molecule has 1 aromatic carbocycles. The predicted octanol–water partition coefficient (Wildman–Crippen LogP) is 2.78. The Labute approximate surface area is 326 Å². The number of carbonyl (C=O) groups is 3. The lowest BCUT2D eigenvalue weighted by Gasteiger charge is -2.37. The van der Waals surface area contributed by atoms with E-state index < -0.39 is 17.5 Å². The number of rotatable bonds is 11. The Morgan fingerprint density at radius 1 is 0.982 bits per heavy atom. The Morgan fingerprint density at radius 2 is 1.84 bits per heavy atom. The number of furan rings is 1. The van der Waals surface area contributed by atoms with E-state index in [9.17, 15) is 19.2 Å². The molecule has 3 aliphatic heterocycles. The standard InChI is InChI=1S/C39H43N13O5/c53-34-7-6-33(37(55)44-34)52-38(56)30-18-25(3-5-32(30)45-47-52)4-8-35(54)49-15-9-26(10-16-49)22-48-13-11-28(12-14-48)51-23-27(19-43-51)31-21-41-39(50-24-42-46-36(31)50)40-20-29-2-1-17-57-29/h1-3,5,17-19,21,23-24,26,28,33H,4,6-16,20,22H2,(H,40,41)(H,44,53,55). The fraction of sp³-hybridized carbons (Fsp3) is 0.436. The van der Waals surface area contributed by atoms with Gasteiger partial charge >= 0.3 is 0 Å². The van der Waals surface area contributed by atoms with E-state index in [0.29, 0.717) is 53.8 Å². The summed E-state index contributed by atoms with van der Waals surface area (Å²) in [5, 5.41) is 27.2. The highest BCUT2D eigenvalue weighted by atomic mass is 16.3. The molecule has 0 aliphatic carbocycles. The first kappa shape index (κ1) is 36.3. The summed E-state index contributed by atoms with van der Waals surface area (Å²) in [6, 6.07) is 8.50. The van der Waals surface area contributed by atoms with Crippen molar-refractivity contribution in [3.63, 3.8) is 0 Å². The maximum absolute atomic E-state index is 13.3. The second-order valence-electron chi connectivity index (χ2n) is 15.2. The number of imide groups is 1. The quantitative estimate of drug-likeness (QED) is 0.182. The monoisotopic (exact) mass is 773 g/mol. The molecule has 8 heterocycles. The van der Waals surface area contributed by atoms with E-state index in [1.807, 2.05) is 39.9 Å². The summed E-state index contributed by atoms with van der Waals surface area (Å²) >= 11 is 0. The van der Waals surface area contributed by atoms with Gasteiger partial charge in [0.1, 0.15) is 23.6 Å². The number of carbonyl (C=O) groups excluding carboxylic acids is 3. The van der Waals surface area contributed by atoms with E-state index in [-0.39, 0.29) is 24.7 Å². The molecule has 9 rings (SSSR count). The Hall–Kier alpha value is -6.30. The van der Waals surface area contributed by atoms with Crippen LogP contribution in [0.5, 0.6) is 0 Å². The minimum absolute atomic E-state index is 0.111. The first-order valence-electron chi connectivity index (χ1n) is 19.6. The van der Waals surface area contributed by atoms with Gasteiger partial charge in [0.2, 0.25) is 17.8 Å². The van der Waals surface area contributed by atoms with Gasteiger partial charge in [-0.3, -0.25) is 33.6 Å². The van der Waals surface area contributed by atoms with Gasteiger partial charge in [-0.1, -0.05) is 11.3 Å². The number of aromatic nitrogens is 9. The smallest absolute Gasteiger partial charge is 0.278 e. The normalized spacial score (nSPS) is 18.7. The van der Waals surface area contributed by atoms with Crippen molar-refractivity contribution in [1.29, 1.82) is 0 Å². The minimum Gasteiger partial charge on any atom is -0.467 e. The van der Waals surface area contributed by atoms with Gasteiger partial charge in [-0.15, -0.1) is 15.3 Å². The van der Waals surface area contributed by atoms with E-state index in [1.165, 1.54) is 0 Å². The zero-order chi connectivity index (χ0) is 38.9. The minimum atomic E-state index is -0.882. The number of aryl methyl sites for hydroxylation is 1. The molecule has 294 valence electrons. The van der Waals surface area contributed by atoms with Crippen LogP contribution in [-0.4, -0.2) is 105 Å². The topological polar surface area (TPSA) is 204 Å². The first-order chi connectivity index (χ1) is 27.9. The van der Waals surface area contributed by atoms with E-state index >= 15 is 0 Å². The zero-order valence-corrected chi connectivity index (χ0v) is 31.4. The van der Waals surface area contributed by atoms with Gasteiger partial charge in [0.25, 0.3) is 11.5 Å². The molecule has 1 unspecified atom stereocenters. The summed E-state index contributed by atoms with van der Waals surface area (Å²) in [4.78, 5) is 59.6. The number of anilines is 1. The molecule has 0 radical (unpaired) electrons. The number of nitrogens with one attached hydrogen (secondary N) is 2. The average Bonchev–Trinajstić information content (AvgIpc) is 4.04. The van der Waals surface area contributed by atoms with Crippen LogP contribution in [0, 0.1) is 5.92 Å². The summed E-state index contributed by atoms with van der Waals surface area (Å²) in [5.74, 6) is 1.18. The summed E-state index contributed by atoms with van der Waals surface area (Å²) in [6.45, 7) is 5.03. The molecule has 0 saturated carbocycles. The number of likely N-dealkylation sites (tertiary alicyclic amines) is 2. The number of hydrogen-bond acceptors (Lipinski definition) is 13. The van der Waals surface area contributed by atoms with Crippen molar-refractivity contribution in [1.82, 2.24) is 59.5 Å². The van der Waals surface area contributed by atoms with Gasteiger partial charge in [0.15, 0.2) is 5.65 Å². The molecule has 5 aromatic heterocycles. The van der Waals surface area contributed by atoms with Gasteiger partial charge in [0.05, 0.1) is 30.4 Å². The van der Waals surface area contributed by atoms with Crippen LogP contribution >= 0.6 is 0 Å². The van der Waals surface area contributed by atoms with E-state index in [4.69, 9.17) is 9.52 Å². The highest BCUT2D eigenvalue weighted by molar-refractivity contribution is 5.99. The van der Waals surface area contributed by atoms with Crippen molar-refractivity contribution in [3.05, 3.63) is 83.2 Å². The van der Waals surface area contributed by atoms with Crippen LogP contribution < -0.4 is 16.2 Å². The largest absolute Gasteiger partial charge is 0.467 e. The second kappa shape index (κ2) is 15.7. The molecule has 3 aliphatic rings. The second-order valence-corrected chi connectivity index (χ2v) is 15.2. The Bertz CT molecular complexity index is 2470. The molecule has 18 heteroatoms. The van der Waals surface area contributed by atoms with Crippen molar-refractivity contribution in [2.24, 2.45) is 5.92 Å². The van der Waals surface area contributed by atoms with E-state index in [1.54, 1.807) is 24.7 Å². The lowest BCUT2D eigenvalue weighted by Crippen LogP contribution is -2.45. The fourth-order valence-corrected chi connectivity index (χ4v) is 8.29. The van der Waals surface area contributed by atoms with Crippen molar-refractivity contribution in [2.75, 3.05) is 38.0 Å². The van der Waals surface area contributed by atoms with Crippen LogP contribution in [0.4, 0.5) is 5.95 Å². The SMILES string of the molecule is O=C1CCC(n2nnc3ccc(CCC(=O)N4CCC(CN5CCC(n6cc(-c7cnc(NCc8ccco8)n8cnnc78)cn6)CC5)CC4)cc3c2=O)C(=O)N1. The lowest BCUT2D eigenvalue weighted by atomic mass is 9.94. The molecule has 2 N–H and O–H groups in total. The van der Waals surface area contributed by atoms with Crippen LogP contribution in [0.25, 0.3) is 27.7 Å². The third kappa shape index (κ3) is 7.64. The Balaban J connectivity index is 0.734. The number of nitrogens with zero attached hydrogens (tertiary/aromatic N) is 11. The van der Waals surface area contributed by atoms with Crippen LogP contribution in [0.2, 0.25) is 0 Å². The van der Waals surface area contributed by atoms with Crippen molar-refractivity contribution in [2.45, 2.75) is 70.0 Å². The number of piperidine rings is 3. The van der Waals surface area contributed by atoms with Gasteiger partial charge in [-0.25, -0.2) is 4.98 Å². The maximum atomic E-state index is 13.3. The molecule has 1 atom stereocenters. The summed E-state index contributed by atoms with van der Waals surface area (Å²) < 4.78 is 10.4. The zero-order valence-electron chi connectivity index (χ0n) is 31.4. The summed E-state index contributed by atoms with van der Waals surface area (Å²) in [6.07, 6.45) is 14.2.